The van der Waals surface area contributed by atoms with Crippen molar-refractivity contribution in [3.05, 3.63) is 47.9 Å². The minimum atomic E-state index is -0.448. The third-order valence-electron chi connectivity index (χ3n) is 4.20. The second kappa shape index (κ2) is 7.29. The first kappa shape index (κ1) is 16.2. The number of hydrogen-bond donors (Lipinski definition) is 0. The number of rotatable bonds is 4. The van der Waals surface area contributed by atoms with Crippen LogP contribution in [-0.2, 0) is 4.74 Å². The summed E-state index contributed by atoms with van der Waals surface area (Å²) in [4.78, 5) is 21.9. The number of aryl methyl sites for hydroxylation is 1. The zero-order valence-electron chi connectivity index (χ0n) is 13.9. The average Bonchev–Trinajstić information content (AvgIpc) is 2.64. The number of anilines is 1. The Morgan fingerprint density at radius 2 is 1.96 bits per heavy atom. The average molecular weight is 327 g/mol. The van der Waals surface area contributed by atoms with Crippen molar-refractivity contribution in [2.24, 2.45) is 0 Å². The Morgan fingerprint density at radius 3 is 2.67 bits per heavy atom. The summed E-state index contributed by atoms with van der Waals surface area (Å²) in [6, 6.07) is 9.74. The summed E-state index contributed by atoms with van der Waals surface area (Å²) in [6.45, 7) is 3.71. The number of methoxy groups -OCH3 is 1. The van der Waals surface area contributed by atoms with Gasteiger partial charge in [0.1, 0.15) is 24.0 Å². The molecule has 1 saturated heterocycles. The van der Waals surface area contributed by atoms with Gasteiger partial charge in [-0.1, -0.05) is 18.2 Å². The number of benzene rings is 1. The van der Waals surface area contributed by atoms with Crippen molar-refractivity contribution in [3.8, 4) is 5.75 Å². The van der Waals surface area contributed by atoms with Gasteiger partial charge in [-0.25, -0.2) is 14.8 Å². The molecule has 1 aliphatic heterocycles. The summed E-state index contributed by atoms with van der Waals surface area (Å²) in [6.07, 6.45) is 3.42. The Bertz CT molecular complexity index is 712. The largest absolute Gasteiger partial charge is 0.490 e. The fourth-order valence-corrected chi connectivity index (χ4v) is 2.81. The second-order valence-electron chi connectivity index (χ2n) is 5.82. The standard InChI is InChI=1S/C18H21N3O3/c1-13-5-3-4-6-16(13)24-14-7-9-21(10-8-14)17-11-15(18(22)23-2)19-12-20-17/h3-6,11-12,14H,7-10H2,1-2H3. The van der Waals surface area contributed by atoms with E-state index in [0.717, 1.165) is 43.1 Å². The lowest BCUT2D eigenvalue weighted by Gasteiger charge is -2.33. The lowest BCUT2D eigenvalue weighted by atomic mass is 10.1. The molecule has 2 heterocycles. The minimum absolute atomic E-state index is 0.198. The minimum Gasteiger partial charge on any atom is -0.490 e. The molecule has 0 atom stereocenters. The fourth-order valence-electron chi connectivity index (χ4n) is 2.81. The van der Waals surface area contributed by atoms with Gasteiger partial charge in [0.25, 0.3) is 0 Å². The molecule has 24 heavy (non-hydrogen) atoms. The van der Waals surface area contributed by atoms with Gasteiger partial charge >= 0.3 is 5.97 Å². The van der Waals surface area contributed by atoms with Gasteiger partial charge in [-0.3, -0.25) is 0 Å². The summed E-state index contributed by atoms with van der Waals surface area (Å²) in [5.74, 6) is 1.25. The first-order chi connectivity index (χ1) is 11.7. The van der Waals surface area contributed by atoms with E-state index in [1.165, 1.54) is 13.4 Å². The van der Waals surface area contributed by atoms with Gasteiger partial charge in [-0.05, 0) is 18.6 Å². The smallest absolute Gasteiger partial charge is 0.356 e. The van der Waals surface area contributed by atoms with Crippen LogP contribution < -0.4 is 9.64 Å². The SMILES string of the molecule is COC(=O)c1cc(N2CCC(Oc3ccccc3C)CC2)ncn1. The van der Waals surface area contributed by atoms with Crippen molar-refractivity contribution in [2.75, 3.05) is 25.1 Å². The van der Waals surface area contributed by atoms with Crippen molar-refractivity contribution < 1.29 is 14.3 Å². The highest BCUT2D eigenvalue weighted by Crippen LogP contribution is 2.24. The van der Waals surface area contributed by atoms with Crippen molar-refractivity contribution in [1.29, 1.82) is 0 Å². The van der Waals surface area contributed by atoms with E-state index in [2.05, 4.69) is 27.9 Å². The maximum absolute atomic E-state index is 11.6. The van der Waals surface area contributed by atoms with Crippen LogP contribution in [0.3, 0.4) is 0 Å². The number of aromatic nitrogens is 2. The van der Waals surface area contributed by atoms with Gasteiger partial charge in [0.2, 0.25) is 0 Å². The predicted octanol–water partition coefficient (Wildman–Crippen LogP) is 2.62. The molecule has 0 saturated carbocycles. The van der Waals surface area contributed by atoms with E-state index in [0.29, 0.717) is 0 Å². The summed E-state index contributed by atoms with van der Waals surface area (Å²) < 4.78 is 10.8. The molecular formula is C18H21N3O3. The van der Waals surface area contributed by atoms with Crippen LogP contribution in [0.5, 0.6) is 5.75 Å². The molecule has 2 aromatic rings. The molecule has 126 valence electrons. The van der Waals surface area contributed by atoms with E-state index in [9.17, 15) is 4.79 Å². The summed E-state index contributed by atoms with van der Waals surface area (Å²) >= 11 is 0. The Balaban J connectivity index is 1.61. The van der Waals surface area contributed by atoms with Gasteiger partial charge in [0.15, 0.2) is 5.69 Å². The van der Waals surface area contributed by atoms with Gasteiger partial charge in [0, 0.05) is 32.0 Å². The maximum Gasteiger partial charge on any atom is 0.356 e. The van der Waals surface area contributed by atoms with Crippen molar-refractivity contribution >= 4 is 11.8 Å². The Morgan fingerprint density at radius 1 is 1.21 bits per heavy atom. The van der Waals surface area contributed by atoms with Crippen LogP contribution in [-0.4, -0.2) is 42.2 Å². The molecule has 0 amide bonds. The number of hydrogen-bond acceptors (Lipinski definition) is 6. The van der Waals surface area contributed by atoms with Gasteiger partial charge in [-0.2, -0.15) is 0 Å². The molecule has 0 radical (unpaired) electrons. The third-order valence-corrected chi connectivity index (χ3v) is 4.20. The monoisotopic (exact) mass is 327 g/mol. The van der Waals surface area contributed by atoms with Crippen molar-refractivity contribution in [2.45, 2.75) is 25.9 Å². The molecule has 0 N–H and O–H groups in total. The predicted molar refractivity (Wildman–Crippen MR) is 90.4 cm³/mol. The molecule has 6 heteroatoms. The molecule has 1 aromatic heterocycles. The molecule has 1 aliphatic rings. The van der Waals surface area contributed by atoms with Gasteiger partial charge in [0.05, 0.1) is 7.11 Å². The highest BCUT2D eigenvalue weighted by molar-refractivity contribution is 5.87. The molecule has 0 bridgehead atoms. The van der Waals surface area contributed by atoms with E-state index in [4.69, 9.17) is 9.47 Å². The third kappa shape index (κ3) is 3.64. The number of esters is 1. The zero-order chi connectivity index (χ0) is 16.9. The summed E-state index contributed by atoms with van der Waals surface area (Å²) in [7, 11) is 1.35. The van der Waals surface area contributed by atoms with Crippen LogP contribution in [0.25, 0.3) is 0 Å². The number of piperidine rings is 1. The van der Waals surface area contributed by atoms with Crippen LogP contribution in [0.1, 0.15) is 28.9 Å². The fraction of sp³-hybridized carbons (Fsp3) is 0.389. The molecular weight excluding hydrogens is 306 g/mol. The molecule has 6 nitrogen and oxygen atoms in total. The van der Waals surface area contributed by atoms with E-state index in [-0.39, 0.29) is 11.8 Å². The van der Waals surface area contributed by atoms with E-state index >= 15 is 0 Å². The Kier molecular flexibility index (Phi) is 4.93. The van der Waals surface area contributed by atoms with Gasteiger partial charge < -0.3 is 14.4 Å². The highest BCUT2D eigenvalue weighted by atomic mass is 16.5. The molecule has 1 aromatic carbocycles. The summed E-state index contributed by atoms with van der Waals surface area (Å²) in [5, 5.41) is 0. The number of ether oxygens (including phenoxy) is 2. The van der Waals surface area contributed by atoms with Crippen LogP contribution in [0.15, 0.2) is 36.7 Å². The first-order valence-electron chi connectivity index (χ1n) is 8.05. The lowest BCUT2D eigenvalue weighted by molar-refractivity contribution is 0.0593. The topological polar surface area (TPSA) is 64.5 Å². The van der Waals surface area contributed by atoms with Crippen LogP contribution in [0.4, 0.5) is 5.82 Å². The number of carbonyl (C=O) groups excluding carboxylic acids is 1. The first-order valence-corrected chi connectivity index (χ1v) is 8.05. The van der Waals surface area contributed by atoms with E-state index < -0.39 is 5.97 Å². The van der Waals surface area contributed by atoms with E-state index in [1.54, 1.807) is 6.07 Å². The normalized spacial score (nSPS) is 15.2. The zero-order valence-corrected chi connectivity index (χ0v) is 13.9. The number of nitrogens with zero attached hydrogens (tertiary/aromatic N) is 3. The van der Waals surface area contributed by atoms with Crippen molar-refractivity contribution in [3.63, 3.8) is 0 Å². The van der Waals surface area contributed by atoms with E-state index in [1.807, 2.05) is 18.2 Å². The highest BCUT2D eigenvalue weighted by Gasteiger charge is 2.22. The Hall–Kier alpha value is -2.63. The maximum atomic E-state index is 11.6. The second-order valence-corrected chi connectivity index (χ2v) is 5.82. The van der Waals surface area contributed by atoms with Crippen LogP contribution in [0.2, 0.25) is 0 Å². The summed E-state index contributed by atoms with van der Waals surface area (Å²) in [5.41, 5.74) is 1.43. The molecule has 0 aliphatic carbocycles. The molecule has 3 rings (SSSR count). The number of para-hydroxylation sites is 1. The molecule has 0 spiro atoms. The quantitative estimate of drug-likeness (QED) is 0.804. The number of carbonyl (C=O) groups is 1. The Labute approximate surface area is 141 Å². The molecule has 0 unspecified atom stereocenters. The van der Waals surface area contributed by atoms with Crippen molar-refractivity contribution in [1.82, 2.24) is 9.97 Å². The van der Waals surface area contributed by atoms with Crippen LogP contribution >= 0.6 is 0 Å². The molecule has 1 fully saturated rings. The van der Waals surface area contributed by atoms with Gasteiger partial charge in [-0.15, -0.1) is 0 Å². The lowest BCUT2D eigenvalue weighted by Crippen LogP contribution is -2.38. The van der Waals surface area contributed by atoms with Crippen LogP contribution in [0, 0.1) is 6.92 Å².